The van der Waals surface area contributed by atoms with Crippen LogP contribution in [-0.4, -0.2) is 27.8 Å². The second-order valence-electron chi connectivity index (χ2n) is 9.20. The van der Waals surface area contributed by atoms with Crippen molar-refractivity contribution in [3.05, 3.63) is 81.3 Å². The van der Waals surface area contributed by atoms with Gasteiger partial charge in [-0.3, -0.25) is 14.7 Å². The Morgan fingerprint density at radius 2 is 1.84 bits per heavy atom. The van der Waals surface area contributed by atoms with Crippen molar-refractivity contribution in [2.24, 2.45) is 5.41 Å². The first-order chi connectivity index (χ1) is 15.3. The largest absolute Gasteiger partial charge is 0.504 e. The fourth-order valence-corrected chi connectivity index (χ4v) is 4.86. The van der Waals surface area contributed by atoms with E-state index in [0.717, 1.165) is 11.3 Å². The average Bonchev–Trinajstić information content (AvgIpc) is 3.08. The molecule has 0 unspecified atom stereocenters. The van der Waals surface area contributed by atoms with E-state index in [4.69, 9.17) is 4.74 Å². The first kappa shape index (κ1) is 20.2. The number of aromatic nitrogens is 2. The third kappa shape index (κ3) is 3.12. The number of para-hydroxylation sites is 1. The van der Waals surface area contributed by atoms with Crippen molar-refractivity contribution in [2.75, 3.05) is 12.4 Å². The maximum absolute atomic E-state index is 13.6. The van der Waals surface area contributed by atoms with Crippen molar-refractivity contribution in [2.45, 2.75) is 32.6 Å². The monoisotopic (exact) mass is 431 g/mol. The van der Waals surface area contributed by atoms with Gasteiger partial charge in [0, 0.05) is 23.6 Å². The summed E-state index contributed by atoms with van der Waals surface area (Å²) in [7, 11) is 1.48. The first-order valence-electron chi connectivity index (χ1n) is 10.6. The number of carbonyl (C=O) groups excluding carboxylic acids is 1. The Hall–Kier alpha value is -3.74. The summed E-state index contributed by atoms with van der Waals surface area (Å²) >= 11 is 0. The number of anilines is 1. The van der Waals surface area contributed by atoms with E-state index >= 15 is 0 Å². The van der Waals surface area contributed by atoms with Crippen molar-refractivity contribution in [1.29, 1.82) is 0 Å². The maximum atomic E-state index is 13.6. The zero-order valence-corrected chi connectivity index (χ0v) is 18.2. The fraction of sp³-hybridized carbons (Fsp3) is 0.280. The average molecular weight is 431 g/mol. The molecule has 7 nitrogen and oxygen atoms in total. The number of ketones is 1. The van der Waals surface area contributed by atoms with Gasteiger partial charge in [-0.15, -0.1) is 0 Å². The molecule has 1 aliphatic carbocycles. The Morgan fingerprint density at radius 1 is 1.09 bits per heavy atom. The molecule has 1 aromatic heterocycles. The molecule has 164 valence electrons. The van der Waals surface area contributed by atoms with Gasteiger partial charge in [-0.05, 0) is 41.7 Å². The lowest BCUT2D eigenvalue weighted by atomic mass is 9.69. The van der Waals surface area contributed by atoms with Gasteiger partial charge in [0.2, 0.25) is 0 Å². The highest BCUT2D eigenvalue weighted by Gasteiger charge is 2.43. The fourth-order valence-electron chi connectivity index (χ4n) is 4.86. The third-order valence-electron chi connectivity index (χ3n) is 6.25. The van der Waals surface area contributed by atoms with Crippen LogP contribution >= 0.6 is 0 Å². The van der Waals surface area contributed by atoms with Crippen molar-refractivity contribution >= 4 is 11.6 Å². The zero-order chi connectivity index (χ0) is 22.6. The Balaban J connectivity index is 1.76. The van der Waals surface area contributed by atoms with Gasteiger partial charge in [0.25, 0.3) is 5.56 Å². The number of phenols is 1. The zero-order valence-electron chi connectivity index (χ0n) is 18.2. The molecule has 2 heterocycles. The molecule has 3 N–H and O–H groups in total. The van der Waals surface area contributed by atoms with E-state index in [-0.39, 0.29) is 22.5 Å². The van der Waals surface area contributed by atoms with Crippen LogP contribution in [0.3, 0.4) is 0 Å². The Labute approximate surface area is 185 Å². The molecule has 32 heavy (non-hydrogen) atoms. The number of aromatic hydroxyl groups is 1. The number of nitrogens with zero attached hydrogens (tertiary/aromatic N) is 1. The van der Waals surface area contributed by atoms with Crippen LogP contribution in [0, 0.1) is 5.41 Å². The van der Waals surface area contributed by atoms with Gasteiger partial charge in [0.15, 0.2) is 17.3 Å². The van der Waals surface area contributed by atoms with E-state index < -0.39 is 5.92 Å². The number of hydrogen-bond acceptors (Lipinski definition) is 5. The van der Waals surface area contributed by atoms with Crippen LogP contribution < -0.4 is 15.6 Å². The molecule has 0 saturated carbocycles. The molecular formula is C25H25N3O4. The first-order valence-corrected chi connectivity index (χ1v) is 10.6. The van der Waals surface area contributed by atoms with E-state index in [2.05, 4.69) is 24.3 Å². The summed E-state index contributed by atoms with van der Waals surface area (Å²) in [6.45, 7) is 4.14. The van der Waals surface area contributed by atoms with Crippen LogP contribution in [0.5, 0.6) is 11.5 Å². The standard InChI is InChI=1S/C25H25N3O4/c1-25(2)12-16-21(18(30)13-25)20(14-9-10-17(29)19(11-14)32-3)22-23(26-16)27-28(24(22)31)15-7-5-4-6-8-15/h4-11,20,26-27,29H,12-13H2,1-3H3/t20-/m0/s1. The second kappa shape index (κ2) is 7.15. The SMILES string of the molecule is COc1cc([C@H]2C3=C(CC(C)(C)CC3=O)Nc3[nH]n(-c4ccccc4)c(=O)c32)ccc1O. The third-order valence-corrected chi connectivity index (χ3v) is 6.25. The van der Waals surface area contributed by atoms with Gasteiger partial charge in [-0.25, -0.2) is 4.68 Å². The summed E-state index contributed by atoms with van der Waals surface area (Å²) in [5.41, 5.74) is 2.95. The molecule has 0 saturated heterocycles. The highest BCUT2D eigenvalue weighted by molar-refractivity contribution is 6.01. The van der Waals surface area contributed by atoms with Gasteiger partial charge in [0.1, 0.15) is 5.82 Å². The molecule has 0 amide bonds. The molecule has 1 aliphatic heterocycles. The van der Waals surface area contributed by atoms with Crippen molar-refractivity contribution in [3.8, 4) is 17.2 Å². The summed E-state index contributed by atoms with van der Waals surface area (Å²) in [6, 6.07) is 14.3. The lowest BCUT2D eigenvalue weighted by Crippen LogP contribution is -2.35. The maximum Gasteiger partial charge on any atom is 0.277 e. The quantitative estimate of drug-likeness (QED) is 0.581. The van der Waals surface area contributed by atoms with Crippen LogP contribution in [0.1, 0.15) is 43.7 Å². The normalized spacial score (nSPS) is 19.2. The summed E-state index contributed by atoms with van der Waals surface area (Å²) in [6.07, 6.45) is 1.10. The highest BCUT2D eigenvalue weighted by Crippen LogP contribution is 2.48. The van der Waals surface area contributed by atoms with Crippen LogP contribution in [0.15, 0.2) is 64.6 Å². The minimum Gasteiger partial charge on any atom is -0.504 e. The van der Waals surface area contributed by atoms with Crippen LogP contribution in [0.4, 0.5) is 5.82 Å². The molecule has 7 heteroatoms. The van der Waals surface area contributed by atoms with Crippen molar-refractivity contribution in [3.63, 3.8) is 0 Å². The molecule has 1 atom stereocenters. The number of nitrogens with one attached hydrogen (secondary N) is 2. The molecule has 2 aromatic carbocycles. The van der Waals surface area contributed by atoms with Crippen LogP contribution in [0.2, 0.25) is 0 Å². The predicted octanol–water partition coefficient (Wildman–Crippen LogP) is 4.08. The van der Waals surface area contributed by atoms with E-state index in [0.29, 0.717) is 41.2 Å². The highest BCUT2D eigenvalue weighted by atomic mass is 16.5. The summed E-state index contributed by atoms with van der Waals surface area (Å²) in [5, 5.41) is 16.7. The number of carbonyl (C=O) groups is 1. The summed E-state index contributed by atoms with van der Waals surface area (Å²) in [5.74, 6) is 0.352. The Kier molecular flexibility index (Phi) is 4.51. The number of allylic oxidation sites excluding steroid dienone is 2. The van der Waals surface area contributed by atoms with Gasteiger partial charge in [-0.2, -0.15) is 0 Å². The van der Waals surface area contributed by atoms with Crippen molar-refractivity contribution in [1.82, 2.24) is 9.78 Å². The number of hydrogen-bond donors (Lipinski definition) is 3. The molecule has 0 bridgehead atoms. The number of H-pyrrole nitrogens is 1. The summed E-state index contributed by atoms with van der Waals surface area (Å²) in [4.78, 5) is 27.0. The van der Waals surface area contributed by atoms with Gasteiger partial charge < -0.3 is 15.2 Å². The molecule has 0 spiro atoms. The van der Waals surface area contributed by atoms with E-state index in [1.807, 2.05) is 30.3 Å². The van der Waals surface area contributed by atoms with E-state index in [1.54, 1.807) is 12.1 Å². The molecule has 2 aliphatic rings. The predicted molar refractivity (Wildman–Crippen MR) is 122 cm³/mol. The number of fused-ring (bicyclic) bond motifs is 1. The minimum absolute atomic E-state index is 0.00600. The Bertz CT molecular complexity index is 1310. The Morgan fingerprint density at radius 3 is 2.56 bits per heavy atom. The van der Waals surface area contributed by atoms with Gasteiger partial charge in [0.05, 0.1) is 18.4 Å². The number of rotatable bonds is 3. The van der Waals surface area contributed by atoms with Crippen LogP contribution in [0.25, 0.3) is 5.69 Å². The lowest BCUT2D eigenvalue weighted by Gasteiger charge is -2.37. The number of aromatic amines is 1. The van der Waals surface area contributed by atoms with Gasteiger partial charge >= 0.3 is 0 Å². The number of benzene rings is 2. The minimum atomic E-state index is -0.562. The number of Topliss-reactive ketones (excluding diaryl/α,β-unsaturated/α-hetero) is 1. The number of phenolic OH excluding ortho intramolecular Hbond substituents is 1. The van der Waals surface area contributed by atoms with E-state index in [9.17, 15) is 14.7 Å². The van der Waals surface area contributed by atoms with Gasteiger partial charge in [-0.1, -0.05) is 38.1 Å². The smallest absolute Gasteiger partial charge is 0.277 e. The van der Waals surface area contributed by atoms with Crippen LogP contribution in [-0.2, 0) is 4.79 Å². The van der Waals surface area contributed by atoms with Crippen molar-refractivity contribution < 1.29 is 14.6 Å². The number of methoxy groups -OCH3 is 1. The molecular weight excluding hydrogens is 406 g/mol. The molecule has 3 aromatic rings. The summed E-state index contributed by atoms with van der Waals surface area (Å²) < 4.78 is 6.80. The number of ether oxygens (including phenoxy) is 1. The molecule has 0 fully saturated rings. The molecule has 5 rings (SSSR count). The lowest BCUT2D eigenvalue weighted by molar-refractivity contribution is -0.118. The topological polar surface area (TPSA) is 96.4 Å². The second-order valence-corrected chi connectivity index (χ2v) is 9.20. The van der Waals surface area contributed by atoms with E-state index in [1.165, 1.54) is 17.9 Å². The molecule has 0 radical (unpaired) electrons.